The summed E-state index contributed by atoms with van der Waals surface area (Å²) < 4.78 is 5.16. The van der Waals surface area contributed by atoms with E-state index in [0.29, 0.717) is 18.9 Å². The van der Waals surface area contributed by atoms with Crippen LogP contribution in [0.4, 0.5) is 4.79 Å². The first-order valence-corrected chi connectivity index (χ1v) is 7.25. The average molecular weight is 289 g/mol. The molecule has 1 atom stereocenters. The van der Waals surface area contributed by atoms with E-state index in [4.69, 9.17) is 9.84 Å². The fourth-order valence-corrected chi connectivity index (χ4v) is 3.68. The minimum atomic E-state index is -0.703. The quantitative estimate of drug-likeness (QED) is 0.873. The van der Waals surface area contributed by atoms with Crippen LogP contribution in [0.2, 0.25) is 0 Å². The zero-order chi connectivity index (χ0) is 14.9. The summed E-state index contributed by atoms with van der Waals surface area (Å²) in [6, 6.07) is 9.51. The van der Waals surface area contributed by atoms with E-state index in [9.17, 15) is 9.59 Å². The third-order valence-corrected chi connectivity index (χ3v) is 4.75. The molecule has 112 valence electrons. The van der Waals surface area contributed by atoms with Gasteiger partial charge in [-0.2, -0.15) is 0 Å². The van der Waals surface area contributed by atoms with Crippen LogP contribution in [0.25, 0.3) is 0 Å². The Morgan fingerprint density at radius 2 is 1.95 bits per heavy atom. The number of carboxylic acids is 1. The highest BCUT2D eigenvalue weighted by Crippen LogP contribution is 2.61. The minimum absolute atomic E-state index is 0.0144. The van der Waals surface area contributed by atoms with Gasteiger partial charge in [0.15, 0.2) is 0 Å². The van der Waals surface area contributed by atoms with Gasteiger partial charge in [-0.3, -0.25) is 4.79 Å². The van der Waals surface area contributed by atoms with E-state index in [2.05, 4.69) is 5.32 Å². The Labute approximate surface area is 123 Å². The number of alkyl carbamates (subject to hydrolysis) is 1. The van der Waals surface area contributed by atoms with Crippen LogP contribution in [0.5, 0.6) is 0 Å². The number of ether oxygens (including phenoxy) is 1. The SMILES string of the molecule is O=C(NCC12CC(C1)C(C(=O)O)C2)OCc1ccccc1. The predicted octanol–water partition coefficient (Wildman–Crippen LogP) is 2.41. The number of rotatable bonds is 5. The summed E-state index contributed by atoms with van der Waals surface area (Å²) >= 11 is 0. The van der Waals surface area contributed by atoms with Gasteiger partial charge in [-0.1, -0.05) is 30.3 Å². The molecule has 0 spiro atoms. The Kier molecular flexibility index (Phi) is 3.57. The molecule has 1 amide bonds. The van der Waals surface area contributed by atoms with Crippen molar-refractivity contribution in [3.8, 4) is 0 Å². The molecule has 5 heteroatoms. The lowest BCUT2D eigenvalue weighted by atomic mass is 9.69. The molecule has 0 aromatic heterocycles. The summed E-state index contributed by atoms with van der Waals surface area (Å²) in [7, 11) is 0. The number of aliphatic carboxylic acids is 1. The highest BCUT2D eigenvalue weighted by Gasteiger charge is 2.58. The number of benzene rings is 1. The molecule has 3 aliphatic carbocycles. The van der Waals surface area contributed by atoms with Crippen molar-refractivity contribution in [2.45, 2.75) is 25.9 Å². The Balaban J connectivity index is 1.42. The normalized spacial score (nSPS) is 29.5. The molecule has 1 aromatic rings. The fraction of sp³-hybridized carbons (Fsp3) is 0.500. The van der Waals surface area contributed by atoms with Crippen molar-refractivity contribution in [3.05, 3.63) is 35.9 Å². The number of amides is 1. The summed E-state index contributed by atoms with van der Waals surface area (Å²) in [6.07, 6.45) is 2.05. The van der Waals surface area contributed by atoms with Crippen molar-refractivity contribution in [2.75, 3.05) is 6.54 Å². The van der Waals surface area contributed by atoms with Gasteiger partial charge in [0.25, 0.3) is 0 Å². The molecule has 1 unspecified atom stereocenters. The second kappa shape index (κ2) is 5.39. The number of carbonyl (C=O) groups is 2. The Morgan fingerprint density at radius 1 is 1.24 bits per heavy atom. The standard InChI is InChI=1S/C16H19NO4/c18-14(19)13-8-16(6-12(13)7-16)10-17-15(20)21-9-11-4-2-1-3-5-11/h1-5,12-13H,6-10H2,(H,17,20)(H,18,19). The van der Waals surface area contributed by atoms with Crippen molar-refractivity contribution in [2.24, 2.45) is 17.3 Å². The van der Waals surface area contributed by atoms with Crippen molar-refractivity contribution in [1.82, 2.24) is 5.32 Å². The summed E-state index contributed by atoms with van der Waals surface area (Å²) in [5.74, 6) is -0.636. The van der Waals surface area contributed by atoms with Crippen LogP contribution >= 0.6 is 0 Å². The molecule has 3 aliphatic rings. The van der Waals surface area contributed by atoms with Crippen LogP contribution in [0.1, 0.15) is 24.8 Å². The third-order valence-electron chi connectivity index (χ3n) is 4.75. The zero-order valence-electron chi connectivity index (χ0n) is 11.7. The maximum Gasteiger partial charge on any atom is 0.407 e. The van der Waals surface area contributed by atoms with Gasteiger partial charge in [0.05, 0.1) is 5.92 Å². The summed E-state index contributed by atoms with van der Waals surface area (Å²) in [5, 5.41) is 11.9. The molecule has 1 aromatic carbocycles. The number of hydrogen-bond donors (Lipinski definition) is 2. The first-order valence-electron chi connectivity index (χ1n) is 7.25. The van der Waals surface area contributed by atoms with Crippen LogP contribution in [0.15, 0.2) is 30.3 Å². The van der Waals surface area contributed by atoms with Crippen molar-refractivity contribution >= 4 is 12.1 Å². The van der Waals surface area contributed by atoms with Gasteiger partial charge in [-0.15, -0.1) is 0 Å². The first-order chi connectivity index (χ1) is 10.1. The number of carbonyl (C=O) groups excluding carboxylic acids is 1. The third kappa shape index (κ3) is 2.86. The minimum Gasteiger partial charge on any atom is -0.481 e. The number of carboxylic acid groups (broad SMARTS) is 1. The number of hydrogen-bond acceptors (Lipinski definition) is 3. The summed E-state index contributed by atoms with van der Waals surface area (Å²) in [4.78, 5) is 22.8. The Bertz CT molecular complexity index is 536. The maximum absolute atomic E-state index is 11.7. The van der Waals surface area contributed by atoms with E-state index in [1.165, 1.54) is 0 Å². The smallest absolute Gasteiger partial charge is 0.407 e. The van der Waals surface area contributed by atoms with Crippen LogP contribution in [-0.4, -0.2) is 23.7 Å². The van der Waals surface area contributed by atoms with Gasteiger partial charge in [0.1, 0.15) is 6.61 Å². The van der Waals surface area contributed by atoms with Crippen LogP contribution in [0, 0.1) is 17.3 Å². The van der Waals surface area contributed by atoms with E-state index in [0.717, 1.165) is 18.4 Å². The molecule has 2 bridgehead atoms. The second-order valence-corrected chi connectivity index (χ2v) is 6.23. The molecule has 0 heterocycles. The van der Waals surface area contributed by atoms with Crippen molar-refractivity contribution < 1.29 is 19.4 Å². The molecular formula is C16H19NO4. The van der Waals surface area contributed by atoms with E-state index >= 15 is 0 Å². The molecule has 0 aliphatic heterocycles. The lowest BCUT2D eigenvalue weighted by molar-refractivity contribution is -0.142. The zero-order valence-corrected chi connectivity index (χ0v) is 11.7. The molecule has 0 radical (unpaired) electrons. The van der Waals surface area contributed by atoms with Gasteiger partial charge in [-0.25, -0.2) is 4.79 Å². The molecule has 0 saturated heterocycles. The molecule has 2 N–H and O–H groups in total. The van der Waals surface area contributed by atoms with Gasteiger partial charge in [0.2, 0.25) is 0 Å². The lowest BCUT2D eigenvalue weighted by Gasteiger charge is -2.38. The molecular weight excluding hydrogens is 270 g/mol. The van der Waals surface area contributed by atoms with Crippen LogP contribution < -0.4 is 5.32 Å². The Hall–Kier alpha value is -2.04. The summed E-state index contributed by atoms with van der Waals surface area (Å²) in [5.41, 5.74) is 0.931. The Morgan fingerprint density at radius 3 is 2.57 bits per heavy atom. The number of fused-ring (bicyclic) bond motifs is 1. The first kappa shape index (κ1) is 13.9. The largest absolute Gasteiger partial charge is 0.481 e. The monoisotopic (exact) mass is 289 g/mol. The van der Waals surface area contributed by atoms with Gasteiger partial charge >= 0.3 is 12.1 Å². The summed E-state index contributed by atoms with van der Waals surface area (Å²) in [6.45, 7) is 0.765. The highest BCUT2D eigenvalue weighted by atomic mass is 16.5. The molecule has 21 heavy (non-hydrogen) atoms. The molecule has 3 saturated carbocycles. The lowest BCUT2D eigenvalue weighted by Crippen LogP contribution is -2.41. The van der Waals surface area contributed by atoms with E-state index in [1.807, 2.05) is 30.3 Å². The van der Waals surface area contributed by atoms with Crippen LogP contribution in [0.3, 0.4) is 0 Å². The average Bonchev–Trinajstić information content (AvgIpc) is 3.00. The second-order valence-electron chi connectivity index (χ2n) is 6.23. The fourth-order valence-electron chi connectivity index (χ4n) is 3.68. The van der Waals surface area contributed by atoms with E-state index in [-0.39, 0.29) is 17.9 Å². The molecule has 4 rings (SSSR count). The molecule has 5 nitrogen and oxygen atoms in total. The van der Waals surface area contributed by atoms with Gasteiger partial charge in [0, 0.05) is 6.54 Å². The molecule has 3 fully saturated rings. The topological polar surface area (TPSA) is 75.6 Å². The predicted molar refractivity (Wildman–Crippen MR) is 75.5 cm³/mol. The van der Waals surface area contributed by atoms with Gasteiger partial charge < -0.3 is 15.2 Å². The van der Waals surface area contributed by atoms with E-state index < -0.39 is 12.1 Å². The van der Waals surface area contributed by atoms with Crippen molar-refractivity contribution in [3.63, 3.8) is 0 Å². The van der Waals surface area contributed by atoms with Crippen molar-refractivity contribution in [1.29, 1.82) is 0 Å². The number of nitrogens with one attached hydrogen (secondary N) is 1. The van der Waals surface area contributed by atoms with Gasteiger partial charge in [-0.05, 0) is 36.2 Å². The highest BCUT2D eigenvalue weighted by molar-refractivity contribution is 5.72. The van der Waals surface area contributed by atoms with Crippen LogP contribution in [-0.2, 0) is 16.1 Å². The maximum atomic E-state index is 11.7. The van der Waals surface area contributed by atoms with E-state index in [1.54, 1.807) is 0 Å².